The maximum absolute atomic E-state index is 11.3. The molecule has 0 unspecified atom stereocenters. The van der Waals surface area contributed by atoms with E-state index in [4.69, 9.17) is 9.47 Å². The van der Waals surface area contributed by atoms with E-state index in [2.05, 4.69) is 14.9 Å². The molecule has 24 heavy (non-hydrogen) atoms. The quantitative estimate of drug-likeness (QED) is 0.819. The maximum Gasteiger partial charge on any atom is 0.354 e. The first-order valence-corrected chi connectivity index (χ1v) is 8.52. The van der Waals surface area contributed by atoms with E-state index >= 15 is 0 Å². The zero-order valence-corrected chi connectivity index (χ0v) is 13.8. The molecule has 0 atom stereocenters. The topological polar surface area (TPSA) is 88.0 Å². The number of carboxylic acids is 1. The minimum Gasteiger partial charge on any atom is -0.477 e. The third kappa shape index (κ3) is 4.55. The van der Waals surface area contributed by atoms with Crippen LogP contribution < -0.4 is 9.64 Å². The standard InChI is InChI=1S/C16H24N4O4/c21-15(22)13-12-14(24-11-6-19-4-2-1-3-5-19)18-16(17-13)20-7-9-23-10-8-20/h12H,1-11H2,(H,21,22). The van der Waals surface area contributed by atoms with Crippen LogP contribution in [0.4, 0.5) is 5.95 Å². The summed E-state index contributed by atoms with van der Waals surface area (Å²) in [5.74, 6) is -0.361. The number of hydrogen-bond acceptors (Lipinski definition) is 7. The van der Waals surface area contributed by atoms with Crippen molar-refractivity contribution in [1.82, 2.24) is 14.9 Å². The van der Waals surface area contributed by atoms with Crippen molar-refractivity contribution in [3.05, 3.63) is 11.8 Å². The van der Waals surface area contributed by atoms with E-state index in [1.165, 1.54) is 25.3 Å². The van der Waals surface area contributed by atoms with Gasteiger partial charge in [-0.1, -0.05) is 6.42 Å². The highest BCUT2D eigenvalue weighted by Gasteiger charge is 2.18. The van der Waals surface area contributed by atoms with E-state index in [-0.39, 0.29) is 5.69 Å². The summed E-state index contributed by atoms with van der Waals surface area (Å²) < 4.78 is 11.0. The fourth-order valence-corrected chi connectivity index (χ4v) is 2.96. The molecule has 0 spiro atoms. The summed E-state index contributed by atoms with van der Waals surface area (Å²) in [4.78, 5) is 24.1. The van der Waals surface area contributed by atoms with Gasteiger partial charge < -0.3 is 19.5 Å². The van der Waals surface area contributed by atoms with Crippen LogP contribution in [0.15, 0.2) is 6.07 Å². The van der Waals surface area contributed by atoms with Crippen molar-refractivity contribution in [3.8, 4) is 5.88 Å². The Morgan fingerprint density at radius 2 is 1.92 bits per heavy atom. The van der Waals surface area contributed by atoms with Crippen LogP contribution in [0.3, 0.4) is 0 Å². The predicted molar refractivity (Wildman–Crippen MR) is 87.8 cm³/mol. The second kappa shape index (κ2) is 8.25. The third-order valence-corrected chi connectivity index (χ3v) is 4.31. The van der Waals surface area contributed by atoms with Gasteiger partial charge in [-0.15, -0.1) is 0 Å². The Hall–Kier alpha value is -1.93. The van der Waals surface area contributed by atoms with Crippen molar-refractivity contribution in [2.24, 2.45) is 0 Å². The molecule has 3 rings (SSSR count). The van der Waals surface area contributed by atoms with Crippen LogP contribution >= 0.6 is 0 Å². The van der Waals surface area contributed by atoms with Gasteiger partial charge in [0.15, 0.2) is 5.69 Å². The van der Waals surface area contributed by atoms with Gasteiger partial charge in [0.1, 0.15) is 6.61 Å². The Bertz CT molecular complexity index is 557. The second-order valence-corrected chi connectivity index (χ2v) is 6.05. The summed E-state index contributed by atoms with van der Waals surface area (Å²) in [6, 6.07) is 1.39. The minimum absolute atomic E-state index is 0.0422. The molecule has 1 aromatic rings. The van der Waals surface area contributed by atoms with Crippen LogP contribution in [0.25, 0.3) is 0 Å². The van der Waals surface area contributed by atoms with Crippen molar-refractivity contribution in [1.29, 1.82) is 0 Å². The number of carboxylic acid groups (broad SMARTS) is 1. The average molecular weight is 336 g/mol. The second-order valence-electron chi connectivity index (χ2n) is 6.05. The smallest absolute Gasteiger partial charge is 0.354 e. The molecule has 0 saturated carbocycles. The van der Waals surface area contributed by atoms with Crippen LogP contribution in [0.1, 0.15) is 29.8 Å². The number of ether oxygens (including phenoxy) is 2. The molecular formula is C16H24N4O4. The van der Waals surface area contributed by atoms with Gasteiger partial charge in [0.2, 0.25) is 11.8 Å². The highest BCUT2D eigenvalue weighted by atomic mass is 16.5. The zero-order valence-electron chi connectivity index (χ0n) is 13.8. The van der Waals surface area contributed by atoms with Crippen molar-refractivity contribution >= 4 is 11.9 Å². The van der Waals surface area contributed by atoms with Gasteiger partial charge in [0.25, 0.3) is 0 Å². The van der Waals surface area contributed by atoms with Crippen LogP contribution in [0, 0.1) is 0 Å². The summed E-state index contributed by atoms with van der Waals surface area (Å²) in [5, 5.41) is 9.26. The van der Waals surface area contributed by atoms with Crippen molar-refractivity contribution in [3.63, 3.8) is 0 Å². The van der Waals surface area contributed by atoms with Gasteiger partial charge in [-0.25, -0.2) is 9.78 Å². The van der Waals surface area contributed by atoms with E-state index in [0.717, 1.165) is 19.6 Å². The number of aromatic nitrogens is 2. The molecule has 1 N–H and O–H groups in total. The number of likely N-dealkylation sites (tertiary alicyclic amines) is 1. The Labute approximate surface area is 141 Å². The lowest BCUT2D eigenvalue weighted by Crippen LogP contribution is -2.37. The molecule has 132 valence electrons. The molecule has 8 heteroatoms. The molecule has 2 saturated heterocycles. The first-order valence-electron chi connectivity index (χ1n) is 8.52. The minimum atomic E-state index is -1.08. The normalized spacial score (nSPS) is 19.2. The number of hydrogen-bond donors (Lipinski definition) is 1. The number of piperidine rings is 1. The molecule has 0 aliphatic carbocycles. The van der Waals surface area contributed by atoms with Crippen molar-refractivity contribution in [2.45, 2.75) is 19.3 Å². The molecule has 8 nitrogen and oxygen atoms in total. The monoisotopic (exact) mass is 336 g/mol. The van der Waals surface area contributed by atoms with E-state index in [9.17, 15) is 9.90 Å². The lowest BCUT2D eigenvalue weighted by molar-refractivity contribution is 0.0689. The van der Waals surface area contributed by atoms with E-state index < -0.39 is 5.97 Å². The predicted octanol–water partition coefficient (Wildman–Crippen LogP) is 0.876. The van der Waals surface area contributed by atoms with Crippen molar-refractivity contribution < 1.29 is 19.4 Å². The van der Waals surface area contributed by atoms with E-state index in [1.807, 2.05) is 4.90 Å². The van der Waals surface area contributed by atoms with Crippen LogP contribution in [-0.4, -0.2) is 78.5 Å². The third-order valence-electron chi connectivity index (χ3n) is 4.31. The molecule has 2 aliphatic heterocycles. The van der Waals surface area contributed by atoms with E-state index in [0.29, 0.717) is 44.7 Å². The molecular weight excluding hydrogens is 312 g/mol. The number of morpholine rings is 1. The molecule has 0 radical (unpaired) electrons. The van der Waals surface area contributed by atoms with Gasteiger partial charge in [-0.05, 0) is 25.9 Å². The molecule has 3 heterocycles. The molecule has 2 aliphatic rings. The largest absolute Gasteiger partial charge is 0.477 e. The van der Waals surface area contributed by atoms with Crippen molar-refractivity contribution in [2.75, 3.05) is 57.4 Å². The highest BCUT2D eigenvalue weighted by molar-refractivity contribution is 5.86. The fraction of sp³-hybridized carbons (Fsp3) is 0.688. The highest BCUT2D eigenvalue weighted by Crippen LogP contribution is 2.17. The lowest BCUT2D eigenvalue weighted by Gasteiger charge is -2.27. The van der Waals surface area contributed by atoms with Crippen LogP contribution in [0.5, 0.6) is 5.88 Å². The summed E-state index contributed by atoms with van der Waals surface area (Å²) in [5.41, 5.74) is -0.0422. The summed E-state index contributed by atoms with van der Waals surface area (Å²) in [6.07, 6.45) is 3.77. The SMILES string of the molecule is O=C(O)c1cc(OCCN2CCCCC2)nc(N2CCOCC2)n1. The van der Waals surface area contributed by atoms with Crippen LogP contribution in [-0.2, 0) is 4.74 Å². The maximum atomic E-state index is 11.3. The molecule has 0 aromatic carbocycles. The van der Waals surface area contributed by atoms with Crippen LogP contribution in [0.2, 0.25) is 0 Å². The Morgan fingerprint density at radius 1 is 1.17 bits per heavy atom. The number of aromatic carboxylic acids is 1. The number of carbonyl (C=O) groups is 1. The van der Waals surface area contributed by atoms with Gasteiger partial charge in [0.05, 0.1) is 13.2 Å². The summed E-state index contributed by atoms with van der Waals surface area (Å²) in [7, 11) is 0. The Morgan fingerprint density at radius 3 is 2.62 bits per heavy atom. The fourth-order valence-electron chi connectivity index (χ4n) is 2.96. The van der Waals surface area contributed by atoms with Gasteiger partial charge in [0, 0.05) is 25.7 Å². The lowest BCUT2D eigenvalue weighted by atomic mass is 10.1. The van der Waals surface area contributed by atoms with Gasteiger partial charge in [-0.3, -0.25) is 4.90 Å². The number of rotatable bonds is 6. The Kier molecular flexibility index (Phi) is 5.81. The average Bonchev–Trinajstić information content (AvgIpc) is 2.63. The number of anilines is 1. The summed E-state index contributed by atoms with van der Waals surface area (Å²) in [6.45, 7) is 6.02. The first kappa shape index (κ1) is 16.9. The molecule has 0 amide bonds. The number of nitrogens with zero attached hydrogens (tertiary/aromatic N) is 4. The van der Waals surface area contributed by atoms with Gasteiger partial charge in [-0.2, -0.15) is 4.98 Å². The van der Waals surface area contributed by atoms with Gasteiger partial charge >= 0.3 is 5.97 Å². The zero-order chi connectivity index (χ0) is 16.8. The molecule has 2 fully saturated rings. The molecule has 0 bridgehead atoms. The Balaban J connectivity index is 1.64. The summed E-state index contributed by atoms with van der Waals surface area (Å²) >= 11 is 0. The molecule has 1 aromatic heterocycles. The van der Waals surface area contributed by atoms with E-state index in [1.54, 1.807) is 0 Å². The first-order chi connectivity index (χ1) is 11.7.